The van der Waals surface area contributed by atoms with Crippen LogP contribution in [0.25, 0.3) is 11.0 Å². The predicted molar refractivity (Wildman–Crippen MR) is 162 cm³/mol. The number of aromatic nitrogens is 3. The summed E-state index contributed by atoms with van der Waals surface area (Å²) in [6, 6.07) is 4.86. The van der Waals surface area contributed by atoms with Gasteiger partial charge in [-0.3, -0.25) is 14.5 Å². The van der Waals surface area contributed by atoms with E-state index in [1.54, 1.807) is 0 Å². The van der Waals surface area contributed by atoms with Gasteiger partial charge in [0.2, 0.25) is 11.6 Å². The van der Waals surface area contributed by atoms with E-state index in [2.05, 4.69) is 25.3 Å². The summed E-state index contributed by atoms with van der Waals surface area (Å²) in [5, 5.41) is 29.6. The fourth-order valence-corrected chi connectivity index (χ4v) is 6.86. The third-order valence-electron chi connectivity index (χ3n) is 7.17. The molecule has 3 aromatic rings. The summed E-state index contributed by atoms with van der Waals surface area (Å²) in [4.78, 5) is 60.3. The largest absolute Gasteiger partial charge is 0.478 e. The molecule has 0 radical (unpaired) electrons. The standard InChI is InChI=1S/C27H30N8O7S2/c1-14(25(38)39)42-32-19(16-13-44-27(28)30-16)22(36)31-20-23(37)35-21(26(40)41)15(12-43-24(20)35)11-34-8-3-5-17-18(34)6-10-33(17)9-4-7-29-2/h3,5-6,8,10,13-14,20,24,29H,4,7,9,11-12H2,1-2H3,(H4-,28,30,31,36,38,39,40,41)/p+1/b32-19-/t14-,20+,24+/m0/s1. The zero-order chi connectivity index (χ0) is 31.5. The molecule has 2 amide bonds. The molecule has 6 N–H and O–H groups in total. The highest BCUT2D eigenvalue weighted by Gasteiger charge is 2.55. The van der Waals surface area contributed by atoms with Crippen molar-refractivity contribution < 1.29 is 38.8 Å². The normalized spacial score (nSPS) is 19.0. The van der Waals surface area contributed by atoms with Gasteiger partial charge in [0, 0.05) is 41.6 Å². The molecular formula is C27H31N8O7S2+. The molecule has 1 fully saturated rings. The van der Waals surface area contributed by atoms with Crippen molar-refractivity contribution in [1.82, 2.24) is 25.1 Å². The number of rotatable bonds is 13. The van der Waals surface area contributed by atoms with E-state index >= 15 is 0 Å². The third kappa shape index (κ3) is 6.11. The first-order chi connectivity index (χ1) is 21.1. The van der Waals surface area contributed by atoms with Crippen LogP contribution in [0, 0.1) is 0 Å². The Balaban J connectivity index is 1.35. The second kappa shape index (κ2) is 13.0. The number of anilines is 1. The molecule has 5 rings (SSSR count). The molecule has 0 unspecified atom stereocenters. The van der Waals surface area contributed by atoms with Crippen LogP contribution in [0.3, 0.4) is 0 Å². The van der Waals surface area contributed by atoms with E-state index in [0.717, 1.165) is 41.9 Å². The number of nitrogens with zero attached hydrogens (tertiary/aromatic N) is 5. The Labute approximate surface area is 259 Å². The van der Waals surface area contributed by atoms with Gasteiger partial charge in [0.25, 0.3) is 11.8 Å². The number of nitrogen functional groups attached to an aromatic ring is 1. The molecular weight excluding hydrogens is 612 g/mol. The number of nitrogens with two attached hydrogens (primary N) is 1. The quantitative estimate of drug-likeness (QED) is 0.0560. The topological polar surface area (TPSA) is 205 Å². The van der Waals surface area contributed by atoms with Gasteiger partial charge in [-0.2, -0.15) is 4.57 Å². The molecule has 3 aromatic heterocycles. The van der Waals surface area contributed by atoms with Gasteiger partial charge in [0.1, 0.15) is 28.3 Å². The smallest absolute Gasteiger partial charge is 0.352 e. The van der Waals surface area contributed by atoms with Crippen molar-refractivity contribution in [3.63, 3.8) is 0 Å². The molecule has 0 saturated carbocycles. The number of carbonyl (C=O) groups excluding carboxylic acids is 2. The minimum atomic E-state index is -1.36. The minimum absolute atomic E-state index is 0.0398. The summed E-state index contributed by atoms with van der Waals surface area (Å²) < 4.78 is 4.12. The number of amides is 2. The molecule has 17 heteroatoms. The molecule has 2 aliphatic rings. The maximum absolute atomic E-state index is 13.3. The van der Waals surface area contributed by atoms with Gasteiger partial charge in [-0.25, -0.2) is 14.6 Å². The van der Waals surface area contributed by atoms with Gasteiger partial charge < -0.3 is 36.0 Å². The first-order valence-electron chi connectivity index (χ1n) is 13.6. The Morgan fingerprint density at radius 3 is 2.80 bits per heavy atom. The lowest BCUT2D eigenvalue weighted by molar-refractivity contribution is -0.663. The zero-order valence-electron chi connectivity index (χ0n) is 23.8. The molecule has 44 heavy (non-hydrogen) atoms. The van der Waals surface area contributed by atoms with E-state index in [9.17, 15) is 24.3 Å². The number of β-lactam (4-membered cyclic amide) rings is 1. The molecule has 0 aliphatic carbocycles. The summed E-state index contributed by atoms with van der Waals surface area (Å²) in [5.41, 5.74) is 7.78. The van der Waals surface area contributed by atoms with Crippen molar-refractivity contribution in [3.05, 3.63) is 52.9 Å². The summed E-state index contributed by atoms with van der Waals surface area (Å²) in [6.45, 7) is 3.22. The number of carboxylic acids is 2. The van der Waals surface area contributed by atoms with Crippen LogP contribution in [-0.2, 0) is 37.1 Å². The number of thioether (sulfide) groups is 1. The number of aryl methyl sites for hydroxylation is 1. The highest BCUT2D eigenvalue weighted by molar-refractivity contribution is 8.00. The maximum Gasteiger partial charge on any atom is 0.352 e. The van der Waals surface area contributed by atoms with Crippen molar-refractivity contribution in [2.24, 2.45) is 5.16 Å². The number of carboxylic acid groups (broad SMARTS) is 2. The van der Waals surface area contributed by atoms with Gasteiger partial charge in [-0.1, -0.05) is 5.16 Å². The Morgan fingerprint density at radius 1 is 1.32 bits per heavy atom. The SMILES string of the molecule is CNCCCn1ccc2c1ccc[n+]2CC1=C(C(=O)O)N2C(=O)[C@@H](NC(=O)/C(=N\O[C@@H](C)C(=O)O)c3csc(N)n3)[C@H]2SC1. The van der Waals surface area contributed by atoms with Crippen LogP contribution in [-0.4, -0.2) is 91.0 Å². The number of carbonyl (C=O) groups is 4. The predicted octanol–water partition coefficient (Wildman–Crippen LogP) is 0.210. The van der Waals surface area contributed by atoms with E-state index in [0.29, 0.717) is 11.3 Å². The van der Waals surface area contributed by atoms with Crippen molar-refractivity contribution in [2.75, 3.05) is 25.1 Å². The summed E-state index contributed by atoms with van der Waals surface area (Å²) >= 11 is 2.37. The van der Waals surface area contributed by atoms with E-state index < -0.39 is 41.3 Å². The second-order valence-electron chi connectivity index (χ2n) is 10.1. The molecule has 232 valence electrons. The van der Waals surface area contributed by atoms with Gasteiger partial charge >= 0.3 is 11.9 Å². The van der Waals surface area contributed by atoms with Crippen LogP contribution in [0.5, 0.6) is 0 Å². The van der Waals surface area contributed by atoms with E-state index in [1.165, 1.54) is 29.0 Å². The number of aliphatic carboxylic acids is 2. The fraction of sp³-hybridized carbons (Fsp3) is 0.370. The van der Waals surface area contributed by atoms with Crippen LogP contribution < -0.4 is 20.9 Å². The van der Waals surface area contributed by atoms with Gasteiger partial charge in [0.15, 0.2) is 23.6 Å². The van der Waals surface area contributed by atoms with E-state index in [-0.39, 0.29) is 28.8 Å². The van der Waals surface area contributed by atoms with Crippen molar-refractivity contribution >= 4 is 68.7 Å². The molecule has 2 aliphatic heterocycles. The molecule has 1 saturated heterocycles. The highest BCUT2D eigenvalue weighted by atomic mass is 32.2. The number of thiazole rings is 1. The third-order valence-corrected chi connectivity index (χ3v) is 9.18. The Morgan fingerprint density at radius 2 is 2.11 bits per heavy atom. The Bertz CT molecular complexity index is 1680. The van der Waals surface area contributed by atoms with Crippen LogP contribution in [0.15, 0.2) is 52.4 Å². The number of pyridine rings is 1. The highest BCUT2D eigenvalue weighted by Crippen LogP contribution is 2.40. The fourth-order valence-electron chi connectivity index (χ4n) is 4.97. The molecule has 0 spiro atoms. The maximum atomic E-state index is 13.3. The number of fused-ring (bicyclic) bond motifs is 2. The molecule has 5 heterocycles. The lowest BCUT2D eigenvalue weighted by atomic mass is 10.0. The van der Waals surface area contributed by atoms with E-state index in [4.69, 9.17) is 15.7 Å². The van der Waals surface area contributed by atoms with Crippen molar-refractivity contribution in [3.8, 4) is 0 Å². The van der Waals surface area contributed by atoms with Gasteiger partial charge in [-0.15, -0.1) is 23.1 Å². The number of oxime groups is 1. The van der Waals surface area contributed by atoms with E-state index in [1.807, 2.05) is 42.2 Å². The monoisotopic (exact) mass is 643 g/mol. The Hall–Kier alpha value is -4.48. The van der Waals surface area contributed by atoms with Gasteiger partial charge in [-0.05, 0) is 33.0 Å². The molecule has 15 nitrogen and oxygen atoms in total. The minimum Gasteiger partial charge on any atom is -0.478 e. The first-order valence-corrected chi connectivity index (χ1v) is 15.5. The van der Waals surface area contributed by atoms with Crippen molar-refractivity contribution in [2.45, 2.75) is 44.0 Å². The second-order valence-corrected chi connectivity index (χ2v) is 12.1. The first kappa shape index (κ1) is 31.0. The summed E-state index contributed by atoms with van der Waals surface area (Å²) in [7, 11) is 1.91. The number of hydrogen-bond acceptors (Lipinski definition) is 11. The number of nitrogens with one attached hydrogen (secondary N) is 2. The van der Waals surface area contributed by atoms with Crippen LogP contribution in [0.2, 0.25) is 0 Å². The Kier molecular flexibility index (Phi) is 9.17. The molecule has 3 atom stereocenters. The van der Waals surface area contributed by atoms with Gasteiger partial charge in [0.05, 0.1) is 0 Å². The van der Waals surface area contributed by atoms with Crippen molar-refractivity contribution in [1.29, 1.82) is 0 Å². The van der Waals surface area contributed by atoms with Crippen LogP contribution in [0.1, 0.15) is 19.0 Å². The summed E-state index contributed by atoms with van der Waals surface area (Å²) in [6.07, 6.45) is 3.48. The number of hydrogen-bond donors (Lipinski definition) is 5. The lowest BCUT2D eigenvalue weighted by Crippen LogP contribution is -2.71. The average Bonchev–Trinajstić information content (AvgIpc) is 3.62. The molecule has 0 bridgehead atoms. The molecule has 0 aromatic carbocycles. The van der Waals surface area contributed by atoms with Crippen LogP contribution in [0.4, 0.5) is 5.13 Å². The summed E-state index contributed by atoms with van der Waals surface area (Å²) in [5.74, 6) is -3.66. The van der Waals surface area contributed by atoms with Crippen LogP contribution >= 0.6 is 23.1 Å². The average molecular weight is 644 g/mol. The zero-order valence-corrected chi connectivity index (χ0v) is 25.4. The lowest BCUT2D eigenvalue weighted by Gasteiger charge is -2.49.